The first kappa shape index (κ1) is 7.98. The Kier molecular flexibility index (Phi) is 2.65. The van der Waals surface area contributed by atoms with Gasteiger partial charge in [0, 0.05) is 6.54 Å². The van der Waals surface area contributed by atoms with Crippen LogP contribution in [0.25, 0.3) is 0 Å². The lowest BCUT2D eigenvalue weighted by atomic mass is 10.3. The van der Waals surface area contributed by atoms with E-state index in [1.165, 1.54) is 0 Å². The van der Waals surface area contributed by atoms with E-state index in [-0.39, 0.29) is 5.79 Å². The Morgan fingerprint density at radius 1 is 1.40 bits per heavy atom. The molecule has 0 aromatic heterocycles. The van der Waals surface area contributed by atoms with Gasteiger partial charge < -0.3 is 14.8 Å². The first-order valence-electron chi connectivity index (χ1n) is 3.69. The van der Waals surface area contributed by atoms with Crippen LogP contribution in [0.4, 0.5) is 0 Å². The minimum absolute atomic E-state index is 0.382. The maximum atomic E-state index is 5.42. The van der Waals surface area contributed by atoms with E-state index in [1.807, 2.05) is 14.0 Å². The van der Waals surface area contributed by atoms with E-state index in [4.69, 9.17) is 9.47 Å². The third-order valence-electron chi connectivity index (χ3n) is 1.60. The standard InChI is InChI=1S/C7H15NO2/c1-7(6-8-2)9-4-3-5-10-7/h8H,3-6H2,1-2H3. The van der Waals surface area contributed by atoms with E-state index in [1.54, 1.807) is 0 Å². The summed E-state index contributed by atoms with van der Waals surface area (Å²) in [6.07, 6.45) is 1.01. The largest absolute Gasteiger partial charge is 0.349 e. The fourth-order valence-corrected chi connectivity index (χ4v) is 1.10. The van der Waals surface area contributed by atoms with Crippen LogP contribution in [0.5, 0.6) is 0 Å². The fraction of sp³-hybridized carbons (Fsp3) is 1.00. The fourth-order valence-electron chi connectivity index (χ4n) is 1.10. The summed E-state index contributed by atoms with van der Waals surface area (Å²) in [6, 6.07) is 0. The Morgan fingerprint density at radius 2 is 2.00 bits per heavy atom. The third kappa shape index (κ3) is 1.94. The topological polar surface area (TPSA) is 30.5 Å². The van der Waals surface area contributed by atoms with E-state index >= 15 is 0 Å². The zero-order valence-corrected chi connectivity index (χ0v) is 6.64. The molecule has 0 unspecified atom stereocenters. The van der Waals surface area contributed by atoms with Gasteiger partial charge in [0.05, 0.1) is 13.2 Å². The molecule has 0 atom stereocenters. The van der Waals surface area contributed by atoms with Crippen molar-refractivity contribution in [3.8, 4) is 0 Å². The highest BCUT2D eigenvalue weighted by Crippen LogP contribution is 2.16. The molecule has 60 valence electrons. The predicted octanol–water partition coefficient (Wildman–Crippen LogP) is 0.359. The highest BCUT2D eigenvalue weighted by molar-refractivity contribution is 4.68. The number of nitrogens with one attached hydrogen (secondary N) is 1. The van der Waals surface area contributed by atoms with Crippen LogP contribution in [-0.2, 0) is 9.47 Å². The molecule has 0 aromatic rings. The van der Waals surface area contributed by atoms with Crippen LogP contribution in [0.2, 0.25) is 0 Å². The van der Waals surface area contributed by atoms with Gasteiger partial charge in [0.1, 0.15) is 0 Å². The molecule has 3 heteroatoms. The van der Waals surface area contributed by atoms with E-state index in [0.29, 0.717) is 0 Å². The van der Waals surface area contributed by atoms with Crippen molar-refractivity contribution in [2.75, 3.05) is 26.8 Å². The lowest BCUT2D eigenvalue weighted by molar-refractivity contribution is -0.251. The summed E-state index contributed by atoms with van der Waals surface area (Å²) in [7, 11) is 1.90. The Labute approximate surface area is 61.7 Å². The first-order valence-corrected chi connectivity index (χ1v) is 3.69. The summed E-state index contributed by atoms with van der Waals surface area (Å²) in [4.78, 5) is 0. The monoisotopic (exact) mass is 145 g/mol. The van der Waals surface area contributed by atoms with Crippen molar-refractivity contribution < 1.29 is 9.47 Å². The summed E-state index contributed by atoms with van der Waals surface area (Å²) >= 11 is 0. The SMILES string of the molecule is CNCC1(C)OCCCO1. The highest BCUT2D eigenvalue weighted by atomic mass is 16.7. The summed E-state index contributed by atoms with van der Waals surface area (Å²) in [6.45, 7) is 4.35. The van der Waals surface area contributed by atoms with Crippen molar-refractivity contribution in [1.82, 2.24) is 5.32 Å². The number of hydrogen-bond donors (Lipinski definition) is 1. The molecule has 1 N–H and O–H groups in total. The summed E-state index contributed by atoms with van der Waals surface area (Å²) < 4.78 is 10.8. The quantitative estimate of drug-likeness (QED) is 0.608. The summed E-state index contributed by atoms with van der Waals surface area (Å²) in [5.41, 5.74) is 0. The lowest BCUT2D eigenvalue weighted by Gasteiger charge is -2.33. The molecule has 0 bridgehead atoms. The molecule has 0 amide bonds. The number of rotatable bonds is 2. The zero-order valence-electron chi connectivity index (χ0n) is 6.64. The van der Waals surface area contributed by atoms with Gasteiger partial charge >= 0.3 is 0 Å². The maximum Gasteiger partial charge on any atom is 0.177 e. The van der Waals surface area contributed by atoms with Crippen molar-refractivity contribution in [2.24, 2.45) is 0 Å². The predicted molar refractivity (Wildman–Crippen MR) is 38.9 cm³/mol. The van der Waals surface area contributed by atoms with Crippen LogP contribution >= 0.6 is 0 Å². The Balaban J connectivity index is 2.32. The van der Waals surface area contributed by atoms with Gasteiger partial charge in [-0.2, -0.15) is 0 Å². The van der Waals surface area contributed by atoms with Gasteiger partial charge in [0.15, 0.2) is 5.79 Å². The molecule has 10 heavy (non-hydrogen) atoms. The van der Waals surface area contributed by atoms with Crippen LogP contribution in [0.15, 0.2) is 0 Å². The first-order chi connectivity index (χ1) is 4.77. The second-order valence-corrected chi connectivity index (χ2v) is 2.71. The molecule has 0 spiro atoms. The van der Waals surface area contributed by atoms with Gasteiger partial charge in [0.25, 0.3) is 0 Å². The molecule has 3 nitrogen and oxygen atoms in total. The second kappa shape index (κ2) is 3.32. The van der Waals surface area contributed by atoms with Crippen LogP contribution < -0.4 is 5.32 Å². The molecule has 1 saturated heterocycles. The van der Waals surface area contributed by atoms with Crippen molar-refractivity contribution in [1.29, 1.82) is 0 Å². The zero-order chi connectivity index (χ0) is 7.45. The molecule has 0 aliphatic carbocycles. The van der Waals surface area contributed by atoms with Crippen LogP contribution in [-0.4, -0.2) is 32.6 Å². The minimum Gasteiger partial charge on any atom is -0.349 e. The second-order valence-electron chi connectivity index (χ2n) is 2.71. The van der Waals surface area contributed by atoms with E-state index in [0.717, 1.165) is 26.2 Å². The summed E-state index contributed by atoms with van der Waals surface area (Å²) in [5, 5.41) is 3.03. The average Bonchev–Trinajstić information content (AvgIpc) is 1.89. The number of ether oxygens (including phenoxy) is 2. The van der Waals surface area contributed by atoms with Gasteiger partial charge in [-0.25, -0.2) is 0 Å². The number of hydrogen-bond acceptors (Lipinski definition) is 3. The van der Waals surface area contributed by atoms with Crippen LogP contribution in [0.3, 0.4) is 0 Å². The van der Waals surface area contributed by atoms with Crippen LogP contribution in [0.1, 0.15) is 13.3 Å². The molecule has 1 fully saturated rings. The molecule has 1 rings (SSSR count). The Hall–Kier alpha value is -0.120. The molecule has 0 aromatic carbocycles. The van der Waals surface area contributed by atoms with Gasteiger partial charge in [-0.15, -0.1) is 0 Å². The molecule has 1 aliphatic heterocycles. The summed E-state index contributed by atoms with van der Waals surface area (Å²) in [5.74, 6) is -0.382. The third-order valence-corrected chi connectivity index (χ3v) is 1.60. The normalized spacial score (nSPS) is 24.6. The molecular formula is C7H15NO2. The maximum absolute atomic E-state index is 5.42. The van der Waals surface area contributed by atoms with Gasteiger partial charge in [-0.3, -0.25) is 0 Å². The van der Waals surface area contributed by atoms with Gasteiger partial charge in [-0.05, 0) is 20.4 Å². The number of likely N-dealkylation sites (N-methyl/N-ethyl adjacent to an activating group) is 1. The van der Waals surface area contributed by atoms with Crippen molar-refractivity contribution in [3.63, 3.8) is 0 Å². The van der Waals surface area contributed by atoms with Crippen molar-refractivity contribution in [2.45, 2.75) is 19.1 Å². The highest BCUT2D eigenvalue weighted by Gasteiger charge is 2.27. The molecule has 0 radical (unpaired) electrons. The molecule has 0 saturated carbocycles. The van der Waals surface area contributed by atoms with Crippen LogP contribution in [0, 0.1) is 0 Å². The van der Waals surface area contributed by atoms with Crippen molar-refractivity contribution in [3.05, 3.63) is 0 Å². The van der Waals surface area contributed by atoms with E-state index in [9.17, 15) is 0 Å². The molecule has 1 aliphatic rings. The van der Waals surface area contributed by atoms with Gasteiger partial charge in [0.2, 0.25) is 0 Å². The lowest BCUT2D eigenvalue weighted by Crippen LogP contribution is -2.45. The molecular weight excluding hydrogens is 130 g/mol. The van der Waals surface area contributed by atoms with E-state index < -0.39 is 0 Å². The molecule has 1 heterocycles. The average molecular weight is 145 g/mol. The Bertz CT molecular complexity index is 94.3. The smallest absolute Gasteiger partial charge is 0.177 e. The van der Waals surface area contributed by atoms with Gasteiger partial charge in [-0.1, -0.05) is 0 Å². The van der Waals surface area contributed by atoms with E-state index in [2.05, 4.69) is 5.32 Å². The van der Waals surface area contributed by atoms with Crippen molar-refractivity contribution >= 4 is 0 Å². The minimum atomic E-state index is -0.382. The Morgan fingerprint density at radius 3 is 2.50 bits per heavy atom.